The van der Waals surface area contributed by atoms with Crippen molar-refractivity contribution in [3.63, 3.8) is 0 Å². The fourth-order valence-corrected chi connectivity index (χ4v) is 2.03. The highest BCUT2D eigenvalue weighted by Crippen LogP contribution is 2.28. The Morgan fingerprint density at radius 3 is 2.48 bits per heavy atom. The van der Waals surface area contributed by atoms with Crippen LogP contribution in [0.3, 0.4) is 0 Å². The largest absolute Gasteiger partial charge is 0.497 e. The van der Waals surface area contributed by atoms with Crippen molar-refractivity contribution in [1.82, 2.24) is 4.98 Å². The summed E-state index contributed by atoms with van der Waals surface area (Å²) in [5.74, 6) is 0.955. The Kier molecular flexibility index (Phi) is 3.51. The van der Waals surface area contributed by atoms with Crippen LogP contribution in [0.4, 0.5) is 0 Å². The molecule has 1 aromatic carbocycles. The third-order valence-electron chi connectivity index (χ3n) is 3.13. The molecule has 0 saturated heterocycles. The first-order chi connectivity index (χ1) is 10.3. The lowest BCUT2D eigenvalue weighted by molar-refractivity contribution is -0.130. The lowest BCUT2D eigenvalue weighted by atomic mass is 10.1. The highest BCUT2D eigenvalue weighted by molar-refractivity contribution is 6.05. The van der Waals surface area contributed by atoms with Crippen LogP contribution in [0.1, 0.15) is 11.1 Å². The molecule has 0 fully saturated rings. The van der Waals surface area contributed by atoms with E-state index in [-0.39, 0.29) is 5.97 Å². The van der Waals surface area contributed by atoms with E-state index >= 15 is 0 Å². The minimum Gasteiger partial charge on any atom is -0.497 e. The molecule has 1 aromatic heterocycles. The number of benzene rings is 1. The molecule has 104 valence electrons. The zero-order chi connectivity index (χ0) is 14.7. The number of esters is 1. The van der Waals surface area contributed by atoms with Crippen LogP contribution in [0.25, 0.3) is 11.8 Å². The molecule has 4 nitrogen and oxygen atoms in total. The summed E-state index contributed by atoms with van der Waals surface area (Å²) in [5, 5.41) is 0. The normalized spacial score (nSPS) is 15.8. The van der Waals surface area contributed by atoms with E-state index in [1.165, 1.54) is 0 Å². The molecule has 3 rings (SSSR count). The molecule has 0 spiro atoms. The molecule has 0 bridgehead atoms. The fraction of sp³-hybridized carbons (Fsp3) is 0.0588. The van der Waals surface area contributed by atoms with Gasteiger partial charge in [0.05, 0.1) is 12.7 Å². The predicted molar refractivity (Wildman–Crippen MR) is 79.3 cm³/mol. The molecule has 0 atom stereocenters. The van der Waals surface area contributed by atoms with Crippen LogP contribution in [0, 0.1) is 0 Å². The quantitative estimate of drug-likeness (QED) is 0.640. The molecule has 1 aliphatic rings. The number of nitrogens with zero attached hydrogens (tertiary/aromatic N) is 1. The molecular formula is C17H13NO3. The Balaban J connectivity index is 1.89. The number of aromatic nitrogens is 1. The summed E-state index contributed by atoms with van der Waals surface area (Å²) in [7, 11) is 1.61. The van der Waals surface area contributed by atoms with E-state index < -0.39 is 0 Å². The van der Waals surface area contributed by atoms with Gasteiger partial charge in [0.2, 0.25) is 0 Å². The van der Waals surface area contributed by atoms with Gasteiger partial charge in [0.1, 0.15) is 11.5 Å². The first-order valence-corrected chi connectivity index (χ1v) is 6.46. The van der Waals surface area contributed by atoms with Gasteiger partial charge in [-0.3, -0.25) is 4.98 Å². The van der Waals surface area contributed by atoms with Crippen LogP contribution in [0.15, 0.2) is 60.4 Å². The zero-order valence-electron chi connectivity index (χ0n) is 11.4. The van der Waals surface area contributed by atoms with Gasteiger partial charge in [-0.1, -0.05) is 0 Å². The van der Waals surface area contributed by atoms with Gasteiger partial charge in [-0.05, 0) is 54.1 Å². The maximum absolute atomic E-state index is 11.9. The van der Waals surface area contributed by atoms with Gasteiger partial charge in [-0.2, -0.15) is 0 Å². The van der Waals surface area contributed by atoms with E-state index in [1.54, 1.807) is 31.7 Å². The van der Waals surface area contributed by atoms with E-state index in [2.05, 4.69) is 4.98 Å². The summed E-state index contributed by atoms with van der Waals surface area (Å²) >= 11 is 0. The van der Waals surface area contributed by atoms with Gasteiger partial charge in [-0.25, -0.2) is 4.79 Å². The molecule has 21 heavy (non-hydrogen) atoms. The van der Waals surface area contributed by atoms with Gasteiger partial charge in [0.15, 0.2) is 0 Å². The first-order valence-electron chi connectivity index (χ1n) is 6.46. The lowest BCUT2D eigenvalue weighted by Gasteiger charge is -2.03. The maximum Gasteiger partial charge on any atom is 0.343 e. The van der Waals surface area contributed by atoms with Crippen molar-refractivity contribution in [2.75, 3.05) is 7.11 Å². The van der Waals surface area contributed by atoms with Crippen LogP contribution in [-0.2, 0) is 9.53 Å². The monoisotopic (exact) mass is 279 g/mol. The SMILES string of the molecule is COc1ccc(C2=CC(=Cc3ccncc3)C(=O)O2)cc1. The average molecular weight is 279 g/mol. The van der Waals surface area contributed by atoms with Crippen LogP contribution in [-0.4, -0.2) is 18.1 Å². The topological polar surface area (TPSA) is 48.4 Å². The number of cyclic esters (lactones) is 1. The third kappa shape index (κ3) is 2.84. The number of methoxy groups -OCH3 is 1. The van der Waals surface area contributed by atoms with Crippen LogP contribution < -0.4 is 4.74 Å². The molecule has 0 unspecified atom stereocenters. The molecular weight excluding hydrogens is 266 g/mol. The van der Waals surface area contributed by atoms with Crippen LogP contribution in [0.2, 0.25) is 0 Å². The van der Waals surface area contributed by atoms with Gasteiger partial charge in [0.25, 0.3) is 0 Å². The van der Waals surface area contributed by atoms with Crippen molar-refractivity contribution in [3.8, 4) is 5.75 Å². The second-order valence-electron chi connectivity index (χ2n) is 4.51. The zero-order valence-corrected chi connectivity index (χ0v) is 11.4. The minimum absolute atomic E-state index is 0.349. The summed E-state index contributed by atoms with van der Waals surface area (Å²) < 4.78 is 10.4. The Morgan fingerprint density at radius 1 is 1.10 bits per heavy atom. The molecule has 2 heterocycles. The van der Waals surface area contributed by atoms with E-state index in [0.717, 1.165) is 16.9 Å². The lowest BCUT2D eigenvalue weighted by Crippen LogP contribution is -1.97. The Hall–Kier alpha value is -2.88. The van der Waals surface area contributed by atoms with E-state index in [0.29, 0.717) is 11.3 Å². The van der Waals surface area contributed by atoms with Crippen molar-refractivity contribution in [3.05, 3.63) is 71.6 Å². The smallest absolute Gasteiger partial charge is 0.343 e. The maximum atomic E-state index is 11.9. The number of hydrogen-bond acceptors (Lipinski definition) is 4. The molecule has 2 aromatic rings. The molecule has 0 N–H and O–H groups in total. The number of pyridine rings is 1. The van der Waals surface area contributed by atoms with Crippen molar-refractivity contribution < 1.29 is 14.3 Å². The van der Waals surface area contributed by atoms with E-state index in [4.69, 9.17) is 9.47 Å². The molecule has 0 saturated carbocycles. The van der Waals surface area contributed by atoms with Crippen LogP contribution in [0.5, 0.6) is 5.75 Å². The number of carbonyl (C=O) groups excluding carboxylic acids is 1. The minimum atomic E-state index is -0.349. The Morgan fingerprint density at radius 2 is 1.81 bits per heavy atom. The first kappa shape index (κ1) is 13.1. The molecule has 0 amide bonds. The summed E-state index contributed by atoms with van der Waals surface area (Å²) in [6, 6.07) is 11.0. The highest BCUT2D eigenvalue weighted by atomic mass is 16.5. The van der Waals surface area contributed by atoms with Gasteiger partial charge in [0, 0.05) is 18.0 Å². The second kappa shape index (κ2) is 5.63. The van der Waals surface area contributed by atoms with Gasteiger partial charge in [-0.15, -0.1) is 0 Å². The van der Waals surface area contributed by atoms with E-state index in [9.17, 15) is 4.79 Å². The number of carbonyl (C=O) groups is 1. The van der Waals surface area contributed by atoms with Gasteiger partial charge < -0.3 is 9.47 Å². The molecule has 0 aliphatic carbocycles. The molecule has 0 radical (unpaired) electrons. The second-order valence-corrected chi connectivity index (χ2v) is 4.51. The van der Waals surface area contributed by atoms with Crippen LogP contribution >= 0.6 is 0 Å². The van der Waals surface area contributed by atoms with Crippen molar-refractivity contribution >= 4 is 17.8 Å². The number of ether oxygens (including phenoxy) is 2. The Labute approximate surface area is 122 Å². The van der Waals surface area contributed by atoms with Crippen molar-refractivity contribution in [2.24, 2.45) is 0 Å². The van der Waals surface area contributed by atoms with E-state index in [1.807, 2.05) is 36.4 Å². The van der Waals surface area contributed by atoms with Crippen molar-refractivity contribution in [1.29, 1.82) is 0 Å². The number of hydrogen-bond donors (Lipinski definition) is 0. The number of rotatable bonds is 3. The van der Waals surface area contributed by atoms with Crippen molar-refractivity contribution in [2.45, 2.75) is 0 Å². The molecule has 4 heteroatoms. The Bertz CT molecular complexity index is 715. The predicted octanol–water partition coefficient (Wildman–Crippen LogP) is 3.07. The standard InChI is InChI=1S/C17H13NO3/c1-20-15-4-2-13(3-5-15)16-11-14(17(19)21-16)10-12-6-8-18-9-7-12/h2-11H,1H3. The van der Waals surface area contributed by atoms with Gasteiger partial charge >= 0.3 is 5.97 Å². The highest BCUT2D eigenvalue weighted by Gasteiger charge is 2.21. The summed E-state index contributed by atoms with van der Waals surface area (Å²) in [6.45, 7) is 0. The molecule has 1 aliphatic heterocycles. The average Bonchev–Trinajstić information content (AvgIpc) is 2.89. The third-order valence-corrected chi connectivity index (χ3v) is 3.13. The summed E-state index contributed by atoms with van der Waals surface area (Å²) in [4.78, 5) is 15.8. The summed E-state index contributed by atoms with van der Waals surface area (Å²) in [5.41, 5.74) is 2.26. The summed E-state index contributed by atoms with van der Waals surface area (Å²) in [6.07, 6.45) is 6.88. The fourth-order valence-electron chi connectivity index (χ4n) is 2.03.